The summed E-state index contributed by atoms with van der Waals surface area (Å²) in [5.41, 5.74) is -0.105. The number of aliphatic hydroxyl groups is 1. The van der Waals surface area contributed by atoms with Gasteiger partial charge in [0.05, 0.1) is 19.3 Å². The average Bonchev–Trinajstić information content (AvgIpc) is 2.28. The molecular formula is C13H20N2O3. The first kappa shape index (κ1) is 14.5. The number of carbonyl (C=O) groups is 1. The molecule has 0 aromatic heterocycles. The van der Waals surface area contributed by atoms with Gasteiger partial charge in [-0.15, -0.1) is 0 Å². The highest BCUT2D eigenvalue weighted by Crippen LogP contribution is 2.14. The van der Waals surface area contributed by atoms with Crippen LogP contribution in [0, 0.1) is 0 Å². The fraction of sp³-hybridized carbons (Fsp3) is 0.462. The Hall–Kier alpha value is -1.59. The molecule has 0 aliphatic carbocycles. The van der Waals surface area contributed by atoms with E-state index in [2.05, 4.69) is 10.6 Å². The molecule has 0 saturated heterocycles. The summed E-state index contributed by atoms with van der Waals surface area (Å²) in [6, 6.07) is 7.10. The van der Waals surface area contributed by atoms with Gasteiger partial charge in [-0.05, 0) is 38.1 Å². The number of carbonyl (C=O) groups excluding carboxylic acids is 1. The van der Waals surface area contributed by atoms with E-state index in [9.17, 15) is 9.90 Å². The molecule has 1 aromatic rings. The molecule has 0 saturated carbocycles. The lowest BCUT2D eigenvalue weighted by Crippen LogP contribution is -2.38. The molecule has 1 rings (SSSR count). The summed E-state index contributed by atoms with van der Waals surface area (Å²) in [5.74, 6) is 0.595. The average molecular weight is 252 g/mol. The quantitative estimate of drug-likeness (QED) is 0.706. The van der Waals surface area contributed by atoms with E-state index in [0.717, 1.165) is 5.75 Å². The Kier molecular flexibility index (Phi) is 5.12. The number of hydrogen-bond donors (Lipinski definition) is 3. The molecule has 1 amide bonds. The van der Waals surface area contributed by atoms with Gasteiger partial charge in [0.1, 0.15) is 5.75 Å². The zero-order chi connectivity index (χ0) is 13.6. The first-order chi connectivity index (χ1) is 8.40. The first-order valence-electron chi connectivity index (χ1n) is 5.78. The van der Waals surface area contributed by atoms with Crippen molar-refractivity contribution in [2.45, 2.75) is 19.4 Å². The van der Waals surface area contributed by atoms with Gasteiger partial charge in [-0.3, -0.25) is 4.79 Å². The van der Waals surface area contributed by atoms with Crippen LogP contribution in [0.15, 0.2) is 24.3 Å². The summed E-state index contributed by atoms with van der Waals surface area (Å²) in [7, 11) is 1.59. The van der Waals surface area contributed by atoms with Gasteiger partial charge in [-0.25, -0.2) is 0 Å². The lowest BCUT2D eigenvalue weighted by Gasteiger charge is -2.17. The number of methoxy groups -OCH3 is 1. The Bertz CT molecular complexity index is 382. The lowest BCUT2D eigenvalue weighted by atomic mass is 10.1. The van der Waals surface area contributed by atoms with E-state index in [1.54, 1.807) is 45.2 Å². The fourth-order valence-electron chi connectivity index (χ4n) is 1.36. The van der Waals surface area contributed by atoms with E-state index in [-0.39, 0.29) is 12.5 Å². The molecule has 0 aliphatic rings. The van der Waals surface area contributed by atoms with Crippen LogP contribution in [0.1, 0.15) is 13.8 Å². The molecule has 3 N–H and O–H groups in total. The van der Waals surface area contributed by atoms with Crippen molar-refractivity contribution in [3.05, 3.63) is 24.3 Å². The Balaban J connectivity index is 2.35. The van der Waals surface area contributed by atoms with Crippen LogP contribution >= 0.6 is 0 Å². The third-order valence-corrected chi connectivity index (χ3v) is 2.22. The molecule has 0 fully saturated rings. The van der Waals surface area contributed by atoms with Crippen LogP contribution < -0.4 is 15.4 Å². The van der Waals surface area contributed by atoms with Crippen molar-refractivity contribution in [3.63, 3.8) is 0 Å². The standard InChI is InChI=1S/C13H20N2O3/c1-13(2,17)9-14-8-12(16)15-10-4-6-11(18-3)7-5-10/h4-7,14,17H,8-9H2,1-3H3,(H,15,16). The molecule has 5 heteroatoms. The highest BCUT2D eigenvalue weighted by molar-refractivity contribution is 5.92. The number of hydrogen-bond acceptors (Lipinski definition) is 4. The number of anilines is 1. The van der Waals surface area contributed by atoms with Gasteiger partial charge in [0.2, 0.25) is 5.91 Å². The van der Waals surface area contributed by atoms with E-state index in [1.807, 2.05) is 0 Å². The highest BCUT2D eigenvalue weighted by Gasteiger charge is 2.12. The Labute approximate surface area is 107 Å². The number of rotatable bonds is 6. The zero-order valence-electron chi connectivity index (χ0n) is 11.0. The maximum atomic E-state index is 11.6. The zero-order valence-corrected chi connectivity index (χ0v) is 11.0. The number of amides is 1. The van der Waals surface area contributed by atoms with E-state index in [4.69, 9.17) is 4.74 Å². The number of ether oxygens (including phenoxy) is 1. The van der Waals surface area contributed by atoms with Crippen LogP contribution in [0.4, 0.5) is 5.69 Å². The molecule has 18 heavy (non-hydrogen) atoms. The summed E-state index contributed by atoms with van der Waals surface area (Å²) >= 11 is 0. The smallest absolute Gasteiger partial charge is 0.238 e. The SMILES string of the molecule is COc1ccc(NC(=O)CNCC(C)(C)O)cc1. The topological polar surface area (TPSA) is 70.6 Å². The van der Waals surface area contributed by atoms with Crippen molar-refractivity contribution in [1.29, 1.82) is 0 Å². The summed E-state index contributed by atoms with van der Waals surface area (Å²) < 4.78 is 5.02. The van der Waals surface area contributed by atoms with Gasteiger partial charge in [-0.1, -0.05) is 0 Å². The summed E-state index contributed by atoms with van der Waals surface area (Å²) in [6.45, 7) is 3.89. The van der Waals surface area contributed by atoms with Gasteiger partial charge < -0.3 is 20.5 Å². The molecular weight excluding hydrogens is 232 g/mol. The second-order valence-electron chi connectivity index (χ2n) is 4.69. The van der Waals surface area contributed by atoms with Gasteiger partial charge in [0, 0.05) is 12.2 Å². The minimum absolute atomic E-state index is 0.149. The van der Waals surface area contributed by atoms with Crippen molar-refractivity contribution in [2.24, 2.45) is 0 Å². The van der Waals surface area contributed by atoms with Crippen molar-refractivity contribution >= 4 is 11.6 Å². The van der Waals surface area contributed by atoms with E-state index in [0.29, 0.717) is 12.2 Å². The van der Waals surface area contributed by atoms with Crippen LogP contribution in [0.3, 0.4) is 0 Å². The highest BCUT2D eigenvalue weighted by atomic mass is 16.5. The monoisotopic (exact) mass is 252 g/mol. The number of nitrogens with one attached hydrogen (secondary N) is 2. The minimum Gasteiger partial charge on any atom is -0.497 e. The Morgan fingerprint density at radius 1 is 1.33 bits per heavy atom. The van der Waals surface area contributed by atoms with E-state index < -0.39 is 5.60 Å². The maximum Gasteiger partial charge on any atom is 0.238 e. The molecule has 0 radical (unpaired) electrons. The van der Waals surface area contributed by atoms with E-state index in [1.165, 1.54) is 0 Å². The Morgan fingerprint density at radius 3 is 2.44 bits per heavy atom. The summed E-state index contributed by atoms with van der Waals surface area (Å²) in [4.78, 5) is 11.6. The minimum atomic E-state index is -0.819. The molecule has 0 spiro atoms. The molecule has 1 aromatic carbocycles. The maximum absolute atomic E-state index is 11.6. The van der Waals surface area contributed by atoms with Gasteiger partial charge in [0.25, 0.3) is 0 Å². The molecule has 0 heterocycles. The predicted octanol–water partition coefficient (Wildman–Crippen LogP) is 0.994. The van der Waals surface area contributed by atoms with Gasteiger partial charge in [0.15, 0.2) is 0 Å². The number of benzene rings is 1. The fourth-order valence-corrected chi connectivity index (χ4v) is 1.36. The van der Waals surface area contributed by atoms with Crippen molar-refractivity contribution in [3.8, 4) is 5.75 Å². The largest absolute Gasteiger partial charge is 0.497 e. The lowest BCUT2D eigenvalue weighted by molar-refractivity contribution is -0.115. The van der Waals surface area contributed by atoms with Crippen LogP contribution in [-0.2, 0) is 4.79 Å². The van der Waals surface area contributed by atoms with E-state index >= 15 is 0 Å². The molecule has 100 valence electrons. The molecule has 0 aliphatic heterocycles. The first-order valence-corrected chi connectivity index (χ1v) is 5.78. The van der Waals surface area contributed by atoms with Gasteiger partial charge in [-0.2, -0.15) is 0 Å². The van der Waals surface area contributed by atoms with Crippen molar-refractivity contribution in [2.75, 3.05) is 25.5 Å². The van der Waals surface area contributed by atoms with Crippen LogP contribution in [0.2, 0.25) is 0 Å². The third kappa shape index (κ3) is 5.65. The molecule has 0 bridgehead atoms. The summed E-state index contributed by atoms with van der Waals surface area (Å²) in [6.07, 6.45) is 0. The third-order valence-electron chi connectivity index (χ3n) is 2.22. The predicted molar refractivity (Wildman–Crippen MR) is 70.8 cm³/mol. The molecule has 0 unspecified atom stereocenters. The van der Waals surface area contributed by atoms with Crippen LogP contribution in [-0.4, -0.2) is 36.8 Å². The summed E-state index contributed by atoms with van der Waals surface area (Å²) in [5, 5.41) is 15.1. The molecule has 5 nitrogen and oxygen atoms in total. The van der Waals surface area contributed by atoms with Crippen LogP contribution in [0.25, 0.3) is 0 Å². The second-order valence-corrected chi connectivity index (χ2v) is 4.69. The Morgan fingerprint density at radius 2 is 1.94 bits per heavy atom. The molecule has 0 atom stereocenters. The normalized spacial score (nSPS) is 11.1. The van der Waals surface area contributed by atoms with Crippen molar-refractivity contribution in [1.82, 2.24) is 5.32 Å². The second kappa shape index (κ2) is 6.37. The van der Waals surface area contributed by atoms with Gasteiger partial charge >= 0.3 is 0 Å². The van der Waals surface area contributed by atoms with Crippen LogP contribution in [0.5, 0.6) is 5.75 Å². The van der Waals surface area contributed by atoms with Crippen molar-refractivity contribution < 1.29 is 14.6 Å².